The summed E-state index contributed by atoms with van der Waals surface area (Å²) in [6, 6.07) is 0. The Morgan fingerprint density at radius 1 is 0.667 bits per heavy atom. The van der Waals surface area contributed by atoms with E-state index in [1.807, 2.05) is 13.8 Å². The van der Waals surface area contributed by atoms with Crippen LogP contribution in [0, 0.1) is 5.92 Å². The largest absolute Gasteiger partial charge is 0.481 e. The van der Waals surface area contributed by atoms with Crippen LogP contribution in [0.4, 0.5) is 0 Å². The van der Waals surface area contributed by atoms with Crippen LogP contribution in [0.15, 0.2) is 0 Å². The number of carbonyl (C=O) groups is 2. The fourth-order valence-electron chi connectivity index (χ4n) is 3.26. The third kappa shape index (κ3) is 31.6. The number of aliphatic carboxylic acids is 1. The van der Waals surface area contributed by atoms with Gasteiger partial charge in [0.25, 0.3) is 0 Å². The molecule has 0 bridgehead atoms. The number of hydrogen-bond acceptors (Lipinski definition) is 3. The minimum Gasteiger partial charge on any atom is -0.481 e. The van der Waals surface area contributed by atoms with Crippen molar-refractivity contribution >= 4 is 11.9 Å². The molecular weight excluding hydrogens is 376 g/mol. The van der Waals surface area contributed by atoms with Crippen LogP contribution >= 0.6 is 0 Å². The van der Waals surface area contributed by atoms with Crippen molar-refractivity contribution in [3.63, 3.8) is 0 Å². The number of esters is 1. The predicted octanol–water partition coefficient (Wildman–Crippen LogP) is 8.32. The fraction of sp³-hybridized carbons (Fsp3) is 0.923. The summed E-state index contributed by atoms with van der Waals surface area (Å²) >= 11 is 0. The summed E-state index contributed by atoms with van der Waals surface area (Å²) in [6.07, 6.45) is 19.6. The van der Waals surface area contributed by atoms with Crippen molar-refractivity contribution < 1.29 is 19.4 Å². The molecule has 0 saturated heterocycles. The number of carbonyl (C=O) groups excluding carboxylic acids is 1. The van der Waals surface area contributed by atoms with Crippen LogP contribution in [-0.4, -0.2) is 23.1 Å². The van der Waals surface area contributed by atoms with E-state index in [0.29, 0.717) is 12.8 Å². The Balaban J connectivity index is 0. The molecule has 0 spiro atoms. The fourth-order valence-corrected chi connectivity index (χ4v) is 3.26. The lowest BCUT2D eigenvalue weighted by Crippen LogP contribution is -2.10. The summed E-state index contributed by atoms with van der Waals surface area (Å²) in [4.78, 5) is 21.4. The monoisotopic (exact) mass is 428 g/mol. The maximum Gasteiger partial charge on any atom is 0.306 e. The summed E-state index contributed by atoms with van der Waals surface area (Å²) in [6.45, 7) is 10.5. The molecule has 0 aromatic rings. The van der Waals surface area contributed by atoms with E-state index in [9.17, 15) is 9.59 Å². The second kappa shape index (κ2) is 24.2. The van der Waals surface area contributed by atoms with Crippen molar-refractivity contribution in [1.82, 2.24) is 0 Å². The van der Waals surface area contributed by atoms with Crippen LogP contribution in [0.3, 0.4) is 0 Å². The Labute approximate surface area is 187 Å². The van der Waals surface area contributed by atoms with Crippen molar-refractivity contribution in [3.8, 4) is 0 Å². The number of unbranched alkanes of at least 4 members (excludes halogenated alkanes) is 12. The highest BCUT2D eigenvalue weighted by Crippen LogP contribution is 2.12. The summed E-state index contributed by atoms with van der Waals surface area (Å²) in [5.74, 6) is 0.0677. The van der Waals surface area contributed by atoms with Gasteiger partial charge in [-0.2, -0.15) is 0 Å². The average Bonchev–Trinajstić information content (AvgIpc) is 2.65. The van der Waals surface area contributed by atoms with Crippen molar-refractivity contribution in [3.05, 3.63) is 0 Å². The molecule has 0 atom stereocenters. The third-order valence-corrected chi connectivity index (χ3v) is 5.02. The molecular formula is C26H52O4. The maximum atomic E-state index is 11.1. The second-order valence-corrected chi connectivity index (χ2v) is 9.21. The van der Waals surface area contributed by atoms with Crippen LogP contribution in [0.5, 0.6) is 0 Å². The van der Waals surface area contributed by atoms with Gasteiger partial charge in [0.15, 0.2) is 0 Å². The molecule has 0 aliphatic heterocycles. The molecule has 0 aliphatic carbocycles. The number of rotatable bonds is 19. The van der Waals surface area contributed by atoms with Crippen LogP contribution in [0.2, 0.25) is 0 Å². The van der Waals surface area contributed by atoms with E-state index < -0.39 is 5.97 Å². The van der Waals surface area contributed by atoms with Gasteiger partial charge in [-0.15, -0.1) is 0 Å². The van der Waals surface area contributed by atoms with E-state index in [1.54, 1.807) is 0 Å². The Bertz CT molecular complexity index is 377. The molecule has 180 valence electrons. The van der Waals surface area contributed by atoms with E-state index in [2.05, 4.69) is 20.8 Å². The first-order chi connectivity index (χ1) is 14.3. The molecule has 30 heavy (non-hydrogen) atoms. The molecule has 0 aromatic carbocycles. The average molecular weight is 429 g/mol. The maximum absolute atomic E-state index is 11.1. The minimum absolute atomic E-state index is 0.0261. The zero-order chi connectivity index (χ0) is 23.0. The van der Waals surface area contributed by atoms with E-state index >= 15 is 0 Å². The van der Waals surface area contributed by atoms with Gasteiger partial charge >= 0.3 is 11.9 Å². The van der Waals surface area contributed by atoms with Gasteiger partial charge in [-0.1, -0.05) is 104 Å². The lowest BCUT2D eigenvalue weighted by Gasteiger charge is -2.07. The van der Waals surface area contributed by atoms with Gasteiger partial charge in [-0.3, -0.25) is 9.59 Å². The molecule has 0 fully saturated rings. The highest BCUT2D eigenvalue weighted by Gasteiger charge is 2.04. The smallest absolute Gasteiger partial charge is 0.306 e. The molecule has 0 saturated carbocycles. The quantitative estimate of drug-likeness (QED) is 0.166. The zero-order valence-corrected chi connectivity index (χ0v) is 20.8. The van der Waals surface area contributed by atoms with Crippen molar-refractivity contribution in [2.24, 2.45) is 5.92 Å². The topological polar surface area (TPSA) is 63.6 Å². The highest BCUT2D eigenvalue weighted by molar-refractivity contribution is 5.69. The standard InChI is InChI=1S/C14H28O2.C12H24O2/c1-2-3-4-5-6-7-8-9-10-11-12-13-14(15)16;1-10(2)8-6-5-7-9-12(13)14-11(3)4/h2-13H2,1H3,(H,15,16);10-11H,5-9H2,1-4H3. The van der Waals surface area contributed by atoms with Crippen molar-refractivity contribution in [2.75, 3.05) is 0 Å². The molecule has 0 aliphatic rings. The van der Waals surface area contributed by atoms with Gasteiger partial charge in [0.2, 0.25) is 0 Å². The van der Waals surface area contributed by atoms with E-state index in [0.717, 1.165) is 31.6 Å². The first-order valence-electron chi connectivity index (χ1n) is 12.7. The third-order valence-electron chi connectivity index (χ3n) is 5.02. The summed E-state index contributed by atoms with van der Waals surface area (Å²) in [7, 11) is 0. The first-order valence-corrected chi connectivity index (χ1v) is 12.7. The van der Waals surface area contributed by atoms with Crippen LogP contribution in [-0.2, 0) is 14.3 Å². The zero-order valence-electron chi connectivity index (χ0n) is 20.8. The molecule has 4 nitrogen and oxygen atoms in total. The lowest BCUT2D eigenvalue weighted by atomic mass is 10.0. The summed E-state index contributed by atoms with van der Waals surface area (Å²) in [5.41, 5.74) is 0. The Morgan fingerprint density at radius 2 is 1.10 bits per heavy atom. The van der Waals surface area contributed by atoms with E-state index in [-0.39, 0.29) is 12.1 Å². The molecule has 0 radical (unpaired) electrons. The molecule has 0 heterocycles. The van der Waals surface area contributed by atoms with Gasteiger partial charge in [0.1, 0.15) is 0 Å². The lowest BCUT2D eigenvalue weighted by molar-refractivity contribution is -0.147. The van der Waals surface area contributed by atoms with Crippen molar-refractivity contribution in [2.45, 2.75) is 150 Å². The highest BCUT2D eigenvalue weighted by atomic mass is 16.5. The van der Waals surface area contributed by atoms with Crippen molar-refractivity contribution in [1.29, 1.82) is 0 Å². The first kappa shape index (κ1) is 31.1. The second-order valence-electron chi connectivity index (χ2n) is 9.21. The number of carboxylic acids is 1. The minimum atomic E-state index is -0.657. The number of ether oxygens (including phenoxy) is 1. The molecule has 0 unspecified atom stereocenters. The number of carboxylic acid groups (broad SMARTS) is 1. The van der Waals surface area contributed by atoms with Gasteiger partial charge in [-0.25, -0.2) is 0 Å². The molecule has 0 aromatic heterocycles. The van der Waals surface area contributed by atoms with Gasteiger partial charge in [-0.05, 0) is 32.6 Å². The van der Waals surface area contributed by atoms with Crippen LogP contribution < -0.4 is 0 Å². The van der Waals surface area contributed by atoms with Crippen LogP contribution in [0.25, 0.3) is 0 Å². The molecule has 4 heteroatoms. The van der Waals surface area contributed by atoms with E-state index in [4.69, 9.17) is 9.84 Å². The predicted molar refractivity (Wildman–Crippen MR) is 128 cm³/mol. The number of hydrogen-bond donors (Lipinski definition) is 1. The van der Waals surface area contributed by atoms with Gasteiger partial charge < -0.3 is 9.84 Å². The molecule has 1 N–H and O–H groups in total. The molecule has 0 amide bonds. The van der Waals surface area contributed by atoms with Crippen LogP contribution in [0.1, 0.15) is 144 Å². The normalized spacial score (nSPS) is 10.8. The SMILES string of the molecule is CC(C)CCCCCC(=O)OC(C)C.CCCCCCCCCCCCCC(=O)O. The van der Waals surface area contributed by atoms with E-state index in [1.165, 1.54) is 70.6 Å². The Kier molecular flexibility index (Phi) is 25.1. The summed E-state index contributed by atoms with van der Waals surface area (Å²) in [5, 5.41) is 8.46. The molecule has 0 rings (SSSR count). The summed E-state index contributed by atoms with van der Waals surface area (Å²) < 4.78 is 5.04. The Hall–Kier alpha value is -1.06. The Morgan fingerprint density at radius 3 is 1.53 bits per heavy atom. The van der Waals surface area contributed by atoms with Gasteiger partial charge in [0.05, 0.1) is 6.10 Å². The van der Waals surface area contributed by atoms with Gasteiger partial charge in [0, 0.05) is 12.8 Å².